The van der Waals surface area contributed by atoms with E-state index >= 15 is 0 Å². The number of aryl methyl sites for hydroxylation is 2. The third-order valence-electron chi connectivity index (χ3n) is 4.14. The molecule has 1 aromatic carbocycles. The lowest BCUT2D eigenvalue weighted by atomic mass is 10.1. The number of ether oxygens (including phenoxy) is 1. The Labute approximate surface area is 136 Å². The minimum atomic E-state index is -0.181. The molecule has 1 amide bonds. The van der Waals surface area contributed by atoms with Crippen LogP contribution in [-0.4, -0.2) is 30.5 Å². The van der Waals surface area contributed by atoms with Gasteiger partial charge in [0.15, 0.2) is 0 Å². The van der Waals surface area contributed by atoms with E-state index in [4.69, 9.17) is 0 Å². The normalized spacial score (nSPS) is 10.7. The van der Waals surface area contributed by atoms with Gasteiger partial charge in [-0.05, 0) is 50.5 Å². The first kappa shape index (κ1) is 17.1. The Morgan fingerprint density at radius 3 is 2.70 bits per heavy atom. The molecule has 0 saturated heterocycles. The molecule has 124 valence electrons. The molecular weight excluding hydrogens is 292 g/mol. The van der Waals surface area contributed by atoms with Gasteiger partial charge in [-0.3, -0.25) is 9.59 Å². The van der Waals surface area contributed by atoms with Gasteiger partial charge in [0.1, 0.15) is 0 Å². The highest BCUT2D eigenvalue weighted by Crippen LogP contribution is 2.22. The second-order valence-corrected chi connectivity index (χ2v) is 5.78. The zero-order chi connectivity index (χ0) is 16.8. The van der Waals surface area contributed by atoms with Gasteiger partial charge < -0.3 is 15.0 Å². The van der Waals surface area contributed by atoms with Crippen molar-refractivity contribution in [3.8, 4) is 0 Å². The molecule has 0 aliphatic rings. The van der Waals surface area contributed by atoms with Crippen molar-refractivity contribution in [3.05, 3.63) is 35.0 Å². The molecule has 0 radical (unpaired) electrons. The summed E-state index contributed by atoms with van der Waals surface area (Å²) >= 11 is 0. The predicted molar refractivity (Wildman–Crippen MR) is 90.6 cm³/mol. The molecule has 2 rings (SSSR count). The van der Waals surface area contributed by atoms with Gasteiger partial charge in [0.05, 0.1) is 7.11 Å². The lowest BCUT2D eigenvalue weighted by molar-refractivity contribution is -0.140. The number of carbonyl (C=O) groups excluding carboxylic acids is 2. The Balaban J connectivity index is 1.82. The van der Waals surface area contributed by atoms with Crippen LogP contribution in [0.5, 0.6) is 0 Å². The fraction of sp³-hybridized carbons (Fsp3) is 0.444. The van der Waals surface area contributed by atoms with Gasteiger partial charge in [-0.2, -0.15) is 0 Å². The van der Waals surface area contributed by atoms with E-state index in [1.165, 1.54) is 12.7 Å². The number of unbranched alkanes of at least 4 members (excludes halogenated alkanes) is 2. The summed E-state index contributed by atoms with van der Waals surface area (Å²) < 4.78 is 4.59. The van der Waals surface area contributed by atoms with Crippen molar-refractivity contribution < 1.29 is 14.3 Å². The fourth-order valence-electron chi connectivity index (χ4n) is 2.58. The number of methoxy groups -OCH3 is 1. The standard InChI is InChI=1S/C18H24N2O3/c1-12-13(2)20-16-9-8-14(11-15(12)16)18(22)19-10-6-4-5-7-17(21)23-3/h8-9,11,20H,4-7,10H2,1-3H3,(H,19,22). The number of esters is 1. The monoisotopic (exact) mass is 316 g/mol. The topological polar surface area (TPSA) is 71.2 Å². The number of benzene rings is 1. The maximum atomic E-state index is 12.2. The van der Waals surface area contributed by atoms with Crippen molar-refractivity contribution in [2.45, 2.75) is 39.5 Å². The first-order chi connectivity index (χ1) is 11.0. The van der Waals surface area contributed by atoms with Crippen LogP contribution in [0.15, 0.2) is 18.2 Å². The summed E-state index contributed by atoms with van der Waals surface area (Å²) in [5.74, 6) is -0.238. The van der Waals surface area contributed by atoms with Crippen LogP contribution >= 0.6 is 0 Å². The van der Waals surface area contributed by atoms with Gasteiger partial charge >= 0.3 is 5.97 Å². The average Bonchev–Trinajstić information content (AvgIpc) is 2.84. The number of H-pyrrole nitrogens is 1. The molecule has 0 saturated carbocycles. The predicted octanol–water partition coefficient (Wildman–Crippen LogP) is 3.25. The fourth-order valence-corrected chi connectivity index (χ4v) is 2.58. The van der Waals surface area contributed by atoms with Gasteiger partial charge in [-0.15, -0.1) is 0 Å². The summed E-state index contributed by atoms with van der Waals surface area (Å²) in [6, 6.07) is 5.71. The smallest absolute Gasteiger partial charge is 0.305 e. The first-order valence-corrected chi connectivity index (χ1v) is 7.97. The van der Waals surface area contributed by atoms with Crippen molar-refractivity contribution in [1.29, 1.82) is 0 Å². The molecule has 0 atom stereocenters. The van der Waals surface area contributed by atoms with Crippen LogP contribution in [0.4, 0.5) is 0 Å². The van der Waals surface area contributed by atoms with Crippen LogP contribution in [0.3, 0.4) is 0 Å². The summed E-state index contributed by atoms with van der Waals surface area (Å²) in [6.45, 7) is 4.70. The van der Waals surface area contributed by atoms with Crippen LogP contribution in [-0.2, 0) is 9.53 Å². The molecule has 23 heavy (non-hydrogen) atoms. The molecule has 5 nitrogen and oxygen atoms in total. The molecule has 1 heterocycles. The number of aromatic amines is 1. The van der Waals surface area contributed by atoms with Crippen molar-refractivity contribution in [2.75, 3.05) is 13.7 Å². The van der Waals surface area contributed by atoms with E-state index in [1.807, 2.05) is 25.1 Å². The molecule has 2 aromatic rings. The van der Waals surface area contributed by atoms with Crippen molar-refractivity contribution in [1.82, 2.24) is 10.3 Å². The molecule has 0 spiro atoms. The maximum absolute atomic E-state index is 12.2. The average molecular weight is 316 g/mol. The highest BCUT2D eigenvalue weighted by atomic mass is 16.5. The summed E-state index contributed by atoms with van der Waals surface area (Å²) in [6.07, 6.45) is 2.97. The van der Waals surface area contributed by atoms with E-state index in [0.717, 1.165) is 35.9 Å². The number of amides is 1. The molecule has 5 heteroatoms. The Bertz CT molecular complexity index is 704. The zero-order valence-corrected chi connectivity index (χ0v) is 14.0. The van der Waals surface area contributed by atoms with E-state index in [1.54, 1.807) is 0 Å². The number of rotatable bonds is 7. The summed E-state index contributed by atoms with van der Waals surface area (Å²) in [4.78, 5) is 26.5. The summed E-state index contributed by atoms with van der Waals surface area (Å²) in [5.41, 5.74) is 4.04. The van der Waals surface area contributed by atoms with Gasteiger partial charge in [-0.25, -0.2) is 0 Å². The molecular formula is C18H24N2O3. The van der Waals surface area contributed by atoms with Crippen molar-refractivity contribution in [2.24, 2.45) is 0 Å². The number of aromatic nitrogens is 1. The summed E-state index contributed by atoms with van der Waals surface area (Å²) in [7, 11) is 1.40. The van der Waals surface area contributed by atoms with Gasteiger partial charge in [0.2, 0.25) is 0 Å². The third kappa shape index (κ3) is 4.34. The van der Waals surface area contributed by atoms with Crippen LogP contribution in [0.1, 0.15) is 47.3 Å². The summed E-state index contributed by atoms with van der Waals surface area (Å²) in [5, 5.41) is 4.02. The van der Waals surface area contributed by atoms with Crippen molar-refractivity contribution >= 4 is 22.8 Å². The highest BCUT2D eigenvalue weighted by molar-refractivity contribution is 5.99. The van der Waals surface area contributed by atoms with E-state index < -0.39 is 0 Å². The minimum Gasteiger partial charge on any atom is -0.469 e. The van der Waals surface area contributed by atoms with Crippen LogP contribution in [0.2, 0.25) is 0 Å². The number of nitrogens with one attached hydrogen (secondary N) is 2. The SMILES string of the molecule is COC(=O)CCCCCNC(=O)c1ccc2[nH]c(C)c(C)c2c1. The third-order valence-corrected chi connectivity index (χ3v) is 4.14. The molecule has 0 bridgehead atoms. The van der Waals surface area contributed by atoms with Crippen LogP contribution in [0, 0.1) is 13.8 Å². The molecule has 0 fully saturated rings. The number of fused-ring (bicyclic) bond motifs is 1. The largest absolute Gasteiger partial charge is 0.469 e. The van der Waals surface area contributed by atoms with Gasteiger partial charge in [-0.1, -0.05) is 6.42 Å². The van der Waals surface area contributed by atoms with Crippen molar-refractivity contribution in [3.63, 3.8) is 0 Å². The van der Waals surface area contributed by atoms with Gasteiger partial charge in [0, 0.05) is 35.1 Å². The highest BCUT2D eigenvalue weighted by Gasteiger charge is 2.09. The van der Waals surface area contributed by atoms with Gasteiger partial charge in [0.25, 0.3) is 5.91 Å². The molecule has 0 aliphatic carbocycles. The van der Waals surface area contributed by atoms with E-state index in [-0.39, 0.29) is 11.9 Å². The second kappa shape index (κ2) is 7.81. The Morgan fingerprint density at radius 1 is 1.17 bits per heavy atom. The lowest BCUT2D eigenvalue weighted by Gasteiger charge is -2.06. The lowest BCUT2D eigenvalue weighted by Crippen LogP contribution is -2.24. The molecule has 0 aliphatic heterocycles. The minimum absolute atomic E-state index is 0.0573. The van der Waals surface area contributed by atoms with Crippen LogP contribution in [0.25, 0.3) is 10.9 Å². The Kier molecular flexibility index (Phi) is 5.79. The molecule has 0 unspecified atom stereocenters. The van der Waals surface area contributed by atoms with E-state index in [9.17, 15) is 9.59 Å². The number of hydrogen-bond donors (Lipinski definition) is 2. The maximum Gasteiger partial charge on any atom is 0.305 e. The first-order valence-electron chi connectivity index (χ1n) is 7.97. The second-order valence-electron chi connectivity index (χ2n) is 5.78. The molecule has 1 aromatic heterocycles. The number of carbonyl (C=O) groups is 2. The molecule has 2 N–H and O–H groups in total. The number of hydrogen-bond acceptors (Lipinski definition) is 3. The Hall–Kier alpha value is -2.30. The van der Waals surface area contributed by atoms with E-state index in [2.05, 4.69) is 22.0 Å². The Morgan fingerprint density at radius 2 is 1.96 bits per heavy atom. The van der Waals surface area contributed by atoms with E-state index in [0.29, 0.717) is 18.5 Å². The quantitative estimate of drug-likeness (QED) is 0.608. The zero-order valence-electron chi connectivity index (χ0n) is 14.0. The van der Waals surface area contributed by atoms with Crippen LogP contribution < -0.4 is 5.32 Å².